The van der Waals surface area contributed by atoms with E-state index in [0.717, 1.165) is 10.5 Å². The third kappa shape index (κ3) is 1.23. The van der Waals surface area contributed by atoms with E-state index in [2.05, 4.69) is 4.72 Å². The molecule has 12 heavy (non-hydrogen) atoms. The van der Waals surface area contributed by atoms with Gasteiger partial charge in [-0.15, -0.1) is 0 Å². The number of carbonyl (C=O) groups is 1. The normalized spacial score (nSPS) is 14.8. The number of allylic oxidation sites excluding steroid dienone is 1. The van der Waals surface area contributed by atoms with Crippen molar-refractivity contribution in [3.63, 3.8) is 0 Å². The Labute approximate surface area is 74.8 Å². The van der Waals surface area contributed by atoms with Gasteiger partial charge in [0.1, 0.15) is 0 Å². The molecule has 0 spiro atoms. The van der Waals surface area contributed by atoms with Crippen molar-refractivity contribution < 1.29 is 4.79 Å². The summed E-state index contributed by atoms with van der Waals surface area (Å²) in [5, 5.41) is 0. The molecule has 0 saturated carbocycles. The second kappa shape index (κ2) is 3.03. The van der Waals surface area contributed by atoms with Crippen LogP contribution in [0.1, 0.15) is 10.4 Å². The van der Waals surface area contributed by atoms with Gasteiger partial charge in [0.2, 0.25) is 0 Å². The Balaban J connectivity index is 2.53. The van der Waals surface area contributed by atoms with Crippen molar-refractivity contribution in [1.29, 1.82) is 0 Å². The second-order valence-electron chi connectivity index (χ2n) is 2.41. The average molecular weight is 177 g/mol. The van der Waals surface area contributed by atoms with Crippen LogP contribution in [0.25, 0.3) is 0 Å². The van der Waals surface area contributed by atoms with Crippen LogP contribution in [0.15, 0.2) is 41.4 Å². The van der Waals surface area contributed by atoms with Crippen LogP contribution in [-0.2, 0) is 0 Å². The van der Waals surface area contributed by atoms with E-state index < -0.39 is 0 Å². The molecule has 1 heterocycles. The van der Waals surface area contributed by atoms with Crippen LogP contribution in [0.3, 0.4) is 0 Å². The molecule has 1 N–H and O–H groups in total. The SMILES string of the molecule is O=C1C=CNSc2ccccc21. The van der Waals surface area contributed by atoms with E-state index in [1.165, 1.54) is 11.9 Å². The molecule has 2 nitrogen and oxygen atoms in total. The monoisotopic (exact) mass is 177 g/mol. The highest BCUT2D eigenvalue weighted by atomic mass is 32.2. The summed E-state index contributed by atoms with van der Waals surface area (Å²) in [6.45, 7) is 0. The van der Waals surface area contributed by atoms with Gasteiger partial charge in [-0.2, -0.15) is 0 Å². The van der Waals surface area contributed by atoms with E-state index in [0.29, 0.717) is 0 Å². The van der Waals surface area contributed by atoms with Gasteiger partial charge in [-0.25, -0.2) is 0 Å². The number of hydrogen-bond acceptors (Lipinski definition) is 3. The molecular formula is C9H7NOS. The van der Waals surface area contributed by atoms with Crippen molar-refractivity contribution >= 4 is 17.7 Å². The molecule has 1 aliphatic rings. The molecule has 0 atom stereocenters. The van der Waals surface area contributed by atoms with Crippen molar-refractivity contribution in [3.05, 3.63) is 42.1 Å². The Bertz CT molecular complexity index is 346. The minimum absolute atomic E-state index is 0.0584. The van der Waals surface area contributed by atoms with Crippen molar-refractivity contribution in [2.45, 2.75) is 4.90 Å². The number of hydrogen-bond donors (Lipinski definition) is 1. The Morgan fingerprint density at radius 3 is 3.00 bits per heavy atom. The van der Waals surface area contributed by atoms with Gasteiger partial charge < -0.3 is 4.72 Å². The Morgan fingerprint density at radius 2 is 2.08 bits per heavy atom. The van der Waals surface area contributed by atoms with Gasteiger partial charge in [-0.05, 0) is 24.1 Å². The Morgan fingerprint density at radius 1 is 1.25 bits per heavy atom. The van der Waals surface area contributed by atoms with Crippen LogP contribution in [-0.4, -0.2) is 5.78 Å². The van der Waals surface area contributed by atoms with Gasteiger partial charge in [-0.3, -0.25) is 4.79 Å². The van der Waals surface area contributed by atoms with Crippen LogP contribution < -0.4 is 4.72 Å². The standard InChI is InChI=1S/C9H7NOS/c11-8-5-6-10-12-9-4-2-1-3-7(8)9/h1-6,10H. The lowest BCUT2D eigenvalue weighted by Gasteiger charge is -2.00. The quantitative estimate of drug-likeness (QED) is 0.614. The predicted molar refractivity (Wildman–Crippen MR) is 48.9 cm³/mol. The van der Waals surface area contributed by atoms with Crippen LogP contribution >= 0.6 is 11.9 Å². The van der Waals surface area contributed by atoms with Crippen molar-refractivity contribution in [2.75, 3.05) is 0 Å². The molecule has 0 radical (unpaired) electrons. The first kappa shape index (κ1) is 7.43. The van der Waals surface area contributed by atoms with Gasteiger partial charge in [-0.1, -0.05) is 12.1 Å². The molecule has 0 aliphatic carbocycles. The highest BCUT2D eigenvalue weighted by Crippen LogP contribution is 2.22. The second-order valence-corrected chi connectivity index (χ2v) is 3.29. The molecule has 0 amide bonds. The molecule has 0 aromatic heterocycles. The summed E-state index contributed by atoms with van der Waals surface area (Å²) in [7, 11) is 0. The van der Waals surface area contributed by atoms with Crippen molar-refractivity contribution in [3.8, 4) is 0 Å². The summed E-state index contributed by atoms with van der Waals surface area (Å²) < 4.78 is 2.95. The van der Waals surface area contributed by atoms with E-state index in [4.69, 9.17) is 0 Å². The molecule has 0 saturated heterocycles. The summed E-state index contributed by atoms with van der Waals surface area (Å²) in [5.41, 5.74) is 0.767. The number of benzene rings is 1. The zero-order chi connectivity index (χ0) is 8.39. The summed E-state index contributed by atoms with van der Waals surface area (Å²) in [6, 6.07) is 7.56. The molecular weight excluding hydrogens is 170 g/mol. The number of fused-ring (bicyclic) bond motifs is 1. The van der Waals surface area contributed by atoms with Gasteiger partial charge in [0.05, 0.1) is 0 Å². The van der Waals surface area contributed by atoms with Gasteiger partial charge in [0.25, 0.3) is 0 Å². The van der Waals surface area contributed by atoms with Gasteiger partial charge in [0, 0.05) is 22.7 Å². The summed E-state index contributed by atoms with van der Waals surface area (Å²) in [5.74, 6) is 0.0584. The Hall–Kier alpha value is -1.22. The first-order chi connectivity index (χ1) is 5.88. The van der Waals surface area contributed by atoms with Crippen LogP contribution in [0.4, 0.5) is 0 Å². The lowest BCUT2D eigenvalue weighted by molar-refractivity contribution is 0.104. The molecule has 0 bridgehead atoms. The summed E-state index contributed by atoms with van der Waals surface area (Å²) in [6.07, 6.45) is 3.20. The average Bonchev–Trinajstić information content (AvgIpc) is 2.29. The van der Waals surface area contributed by atoms with Gasteiger partial charge in [0.15, 0.2) is 5.78 Å². The minimum atomic E-state index is 0.0584. The van der Waals surface area contributed by atoms with E-state index in [1.54, 1.807) is 12.3 Å². The number of rotatable bonds is 0. The molecule has 1 aromatic carbocycles. The van der Waals surface area contributed by atoms with Crippen LogP contribution in [0.2, 0.25) is 0 Å². The first-order valence-corrected chi connectivity index (χ1v) is 4.42. The maximum absolute atomic E-state index is 11.4. The molecule has 60 valence electrons. The molecule has 2 rings (SSSR count). The predicted octanol–water partition coefficient (Wildman–Crippen LogP) is 1.99. The first-order valence-electron chi connectivity index (χ1n) is 3.60. The molecule has 0 unspecified atom stereocenters. The van der Waals surface area contributed by atoms with Crippen LogP contribution in [0, 0.1) is 0 Å². The number of carbonyl (C=O) groups excluding carboxylic acids is 1. The Kier molecular flexibility index (Phi) is 1.87. The van der Waals surface area contributed by atoms with E-state index >= 15 is 0 Å². The van der Waals surface area contributed by atoms with E-state index in [9.17, 15) is 4.79 Å². The zero-order valence-corrected chi connectivity index (χ0v) is 7.10. The minimum Gasteiger partial charge on any atom is -0.332 e. The number of nitrogens with one attached hydrogen (secondary N) is 1. The molecule has 1 aromatic rings. The van der Waals surface area contributed by atoms with Crippen molar-refractivity contribution in [1.82, 2.24) is 4.72 Å². The topological polar surface area (TPSA) is 29.1 Å². The third-order valence-corrected chi connectivity index (χ3v) is 2.45. The summed E-state index contributed by atoms with van der Waals surface area (Å²) >= 11 is 1.46. The maximum atomic E-state index is 11.4. The lowest BCUT2D eigenvalue weighted by Crippen LogP contribution is -1.94. The fraction of sp³-hybridized carbons (Fsp3) is 0. The number of ketones is 1. The van der Waals surface area contributed by atoms with E-state index in [-0.39, 0.29) is 5.78 Å². The largest absolute Gasteiger partial charge is 0.332 e. The van der Waals surface area contributed by atoms with Crippen LogP contribution in [0.5, 0.6) is 0 Å². The molecule has 0 fully saturated rings. The highest BCUT2D eigenvalue weighted by Gasteiger charge is 2.10. The third-order valence-electron chi connectivity index (χ3n) is 1.62. The maximum Gasteiger partial charge on any atom is 0.188 e. The highest BCUT2D eigenvalue weighted by molar-refractivity contribution is 7.97. The zero-order valence-electron chi connectivity index (χ0n) is 6.28. The van der Waals surface area contributed by atoms with Gasteiger partial charge >= 0.3 is 0 Å². The molecule has 3 heteroatoms. The fourth-order valence-electron chi connectivity index (χ4n) is 1.06. The van der Waals surface area contributed by atoms with Crippen molar-refractivity contribution in [2.24, 2.45) is 0 Å². The fourth-order valence-corrected chi connectivity index (χ4v) is 1.74. The smallest absolute Gasteiger partial charge is 0.188 e. The summed E-state index contributed by atoms with van der Waals surface area (Å²) in [4.78, 5) is 12.3. The lowest BCUT2D eigenvalue weighted by atomic mass is 10.1. The van der Waals surface area contributed by atoms with E-state index in [1.807, 2.05) is 24.3 Å². The molecule has 1 aliphatic heterocycles.